The standard InChI is InChI=1S/C11H9FO5/c1-7-8(12)3-2-4-9(7)17-10(11(14)15)5-16-6-13/h2-6H,1H3,(H,14,15)/b10-5-. The van der Waals surface area contributed by atoms with Gasteiger partial charge in [-0.2, -0.15) is 0 Å². The predicted molar refractivity (Wildman–Crippen MR) is 54.6 cm³/mol. The van der Waals surface area contributed by atoms with Gasteiger partial charge < -0.3 is 14.6 Å². The molecule has 17 heavy (non-hydrogen) atoms. The Bertz CT molecular complexity index is 467. The molecule has 0 saturated heterocycles. The average molecular weight is 240 g/mol. The Morgan fingerprint density at radius 3 is 2.76 bits per heavy atom. The Morgan fingerprint density at radius 1 is 1.47 bits per heavy atom. The lowest BCUT2D eigenvalue weighted by atomic mass is 10.2. The van der Waals surface area contributed by atoms with Crippen LogP contribution in [0.3, 0.4) is 0 Å². The molecule has 0 radical (unpaired) electrons. The van der Waals surface area contributed by atoms with Gasteiger partial charge in [0, 0.05) is 5.56 Å². The van der Waals surface area contributed by atoms with Crippen molar-refractivity contribution in [3.8, 4) is 5.75 Å². The zero-order chi connectivity index (χ0) is 12.8. The third-order valence-corrected chi connectivity index (χ3v) is 1.88. The van der Waals surface area contributed by atoms with Crippen LogP contribution in [0, 0.1) is 12.7 Å². The number of ether oxygens (including phenoxy) is 2. The Labute approximate surface area is 96.1 Å². The van der Waals surface area contributed by atoms with Gasteiger partial charge in [0.1, 0.15) is 17.8 Å². The van der Waals surface area contributed by atoms with Crippen LogP contribution in [0.4, 0.5) is 4.39 Å². The highest BCUT2D eigenvalue weighted by Crippen LogP contribution is 2.22. The van der Waals surface area contributed by atoms with Crippen LogP contribution in [-0.2, 0) is 14.3 Å². The van der Waals surface area contributed by atoms with Gasteiger partial charge in [0.2, 0.25) is 5.76 Å². The van der Waals surface area contributed by atoms with Crippen molar-refractivity contribution in [2.45, 2.75) is 6.92 Å². The van der Waals surface area contributed by atoms with Crippen LogP contribution in [0.2, 0.25) is 0 Å². The van der Waals surface area contributed by atoms with E-state index in [2.05, 4.69) is 4.74 Å². The molecule has 0 unspecified atom stereocenters. The van der Waals surface area contributed by atoms with E-state index in [9.17, 15) is 14.0 Å². The fraction of sp³-hybridized carbons (Fsp3) is 0.0909. The van der Waals surface area contributed by atoms with E-state index in [4.69, 9.17) is 9.84 Å². The summed E-state index contributed by atoms with van der Waals surface area (Å²) in [5.74, 6) is -2.54. The second-order valence-corrected chi connectivity index (χ2v) is 2.98. The van der Waals surface area contributed by atoms with Gasteiger partial charge in [0.15, 0.2) is 0 Å². The molecule has 5 nitrogen and oxygen atoms in total. The lowest BCUT2D eigenvalue weighted by Crippen LogP contribution is -2.09. The highest BCUT2D eigenvalue weighted by atomic mass is 19.1. The van der Waals surface area contributed by atoms with Crippen molar-refractivity contribution in [1.82, 2.24) is 0 Å². The quantitative estimate of drug-likeness (QED) is 0.481. The maximum Gasteiger partial charge on any atom is 0.375 e. The van der Waals surface area contributed by atoms with Crippen molar-refractivity contribution in [2.75, 3.05) is 0 Å². The number of halogens is 1. The molecule has 90 valence electrons. The maximum atomic E-state index is 13.1. The van der Waals surface area contributed by atoms with E-state index in [1.165, 1.54) is 25.1 Å². The summed E-state index contributed by atoms with van der Waals surface area (Å²) >= 11 is 0. The fourth-order valence-electron chi connectivity index (χ4n) is 1.02. The van der Waals surface area contributed by atoms with E-state index >= 15 is 0 Å². The van der Waals surface area contributed by atoms with Gasteiger partial charge in [-0.05, 0) is 19.1 Å². The molecular formula is C11H9FO5. The molecule has 0 atom stereocenters. The molecule has 0 aliphatic heterocycles. The molecule has 1 N–H and O–H groups in total. The number of hydrogen-bond acceptors (Lipinski definition) is 4. The van der Waals surface area contributed by atoms with Gasteiger partial charge in [-0.3, -0.25) is 4.79 Å². The molecule has 0 amide bonds. The van der Waals surface area contributed by atoms with Crippen molar-refractivity contribution in [1.29, 1.82) is 0 Å². The highest BCUT2D eigenvalue weighted by molar-refractivity contribution is 5.84. The number of carboxylic acid groups (broad SMARTS) is 1. The number of rotatable bonds is 5. The third kappa shape index (κ3) is 3.30. The number of aliphatic carboxylic acids is 1. The Balaban J connectivity index is 2.98. The number of benzene rings is 1. The van der Waals surface area contributed by atoms with Gasteiger partial charge in [-0.15, -0.1) is 0 Å². The normalized spacial score (nSPS) is 10.8. The minimum absolute atomic E-state index is 0.0353. The van der Waals surface area contributed by atoms with Crippen molar-refractivity contribution in [3.63, 3.8) is 0 Å². The van der Waals surface area contributed by atoms with E-state index in [1.807, 2.05) is 0 Å². The molecule has 1 rings (SSSR count). The van der Waals surface area contributed by atoms with Crippen LogP contribution >= 0.6 is 0 Å². The monoisotopic (exact) mass is 240 g/mol. The van der Waals surface area contributed by atoms with Gasteiger partial charge in [0.05, 0.1) is 0 Å². The Hall–Kier alpha value is -2.37. The number of carboxylic acids is 1. The van der Waals surface area contributed by atoms with E-state index in [1.54, 1.807) is 0 Å². The van der Waals surface area contributed by atoms with Crippen molar-refractivity contribution in [2.24, 2.45) is 0 Å². The first-order chi connectivity index (χ1) is 8.06. The molecule has 0 heterocycles. The highest BCUT2D eigenvalue weighted by Gasteiger charge is 2.13. The fourth-order valence-corrected chi connectivity index (χ4v) is 1.02. The van der Waals surface area contributed by atoms with Crippen LogP contribution in [-0.4, -0.2) is 17.5 Å². The predicted octanol–water partition coefficient (Wildman–Crippen LogP) is 1.61. The zero-order valence-electron chi connectivity index (χ0n) is 8.84. The van der Waals surface area contributed by atoms with Gasteiger partial charge >= 0.3 is 5.97 Å². The van der Waals surface area contributed by atoms with E-state index in [-0.39, 0.29) is 17.8 Å². The molecule has 0 fully saturated rings. The van der Waals surface area contributed by atoms with Crippen LogP contribution in [0.5, 0.6) is 5.75 Å². The van der Waals surface area contributed by atoms with Crippen LogP contribution < -0.4 is 4.74 Å². The Morgan fingerprint density at radius 2 is 2.18 bits per heavy atom. The summed E-state index contributed by atoms with van der Waals surface area (Å²) in [5.41, 5.74) is 0.158. The van der Waals surface area contributed by atoms with Crippen LogP contribution in [0.1, 0.15) is 5.56 Å². The van der Waals surface area contributed by atoms with Crippen LogP contribution in [0.25, 0.3) is 0 Å². The van der Waals surface area contributed by atoms with Crippen molar-refractivity contribution in [3.05, 3.63) is 41.6 Å². The zero-order valence-corrected chi connectivity index (χ0v) is 8.84. The second kappa shape index (κ2) is 5.64. The summed E-state index contributed by atoms with van der Waals surface area (Å²) in [4.78, 5) is 20.7. The number of carbonyl (C=O) groups is 2. The minimum atomic E-state index is -1.43. The lowest BCUT2D eigenvalue weighted by Gasteiger charge is -2.08. The first-order valence-corrected chi connectivity index (χ1v) is 4.51. The molecule has 0 aromatic heterocycles. The van der Waals surface area contributed by atoms with E-state index < -0.39 is 17.5 Å². The van der Waals surface area contributed by atoms with Crippen molar-refractivity contribution >= 4 is 12.4 Å². The van der Waals surface area contributed by atoms with Crippen molar-refractivity contribution < 1.29 is 28.6 Å². The summed E-state index contributed by atoms with van der Waals surface area (Å²) in [6.45, 7) is 1.48. The summed E-state index contributed by atoms with van der Waals surface area (Å²) in [6.07, 6.45) is 0.625. The van der Waals surface area contributed by atoms with E-state index in [0.29, 0.717) is 6.26 Å². The molecule has 0 aliphatic rings. The number of carbonyl (C=O) groups excluding carboxylic acids is 1. The SMILES string of the molecule is Cc1c(F)cccc1O/C(=C\OC=O)C(=O)O. The summed E-state index contributed by atoms with van der Waals surface area (Å²) < 4.78 is 22.2. The molecule has 0 spiro atoms. The van der Waals surface area contributed by atoms with E-state index in [0.717, 1.165) is 0 Å². The van der Waals surface area contributed by atoms with Crippen LogP contribution in [0.15, 0.2) is 30.2 Å². The first kappa shape index (κ1) is 12.7. The first-order valence-electron chi connectivity index (χ1n) is 4.51. The molecular weight excluding hydrogens is 231 g/mol. The lowest BCUT2D eigenvalue weighted by molar-refractivity contribution is -0.135. The molecule has 0 saturated carbocycles. The van der Waals surface area contributed by atoms with Gasteiger partial charge in [0.25, 0.3) is 6.47 Å². The van der Waals surface area contributed by atoms with Gasteiger partial charge in [-0.1, -0.05) is 6.07 Å². The number of hydrogen-bond donors (Lipinski definition) is 1. The summed E-state index contributed by atoms with van der Waals surface area (Å²) in [5, 5.41) is 8.74. The Kier molecular flexibility index (Phi) is 4.21. The third-order valence-electron chi connectivity index (χ3n) is 1.88. The maximum absolute atomic E-state index is 13.1. The summed E-state index contributed by atoms with van der Waals surface area (Å²) in [6, 6.07) is 3.99. The molecule has 1 aromatic rings. The average Bonchev–Trinajstić information content (AvgIpc) is 2.29. The molecule has 6 heteroatoms. The summed E-state index contributed by atoms with van der Waals surface area (Å²) in [7, 11) is 0. The molecule has 0 aliphatic carbocycles. The molecule has 1 aromatic carbocycles. The van der Waals surface area contributed by atoms with Gasteiger partial charge in [-0.25, -0.2) is 9.18 Å². The topological polar surface area (TPSA) is 72.8 Å². The largest absolute Gasteiger partial charge is 0.475 e. The molecule has 0 bridgehead atoms. The second-order valence-electron chi connectivity index (χ2n) is 2.98. The smallest absolute Gasteiger partial charge is 0.375 e. The minimum Gasteiger partial charge on any atom is -0.475 e.